The number of carbonyl (C=O) groups excluding carboxylic acids is 1. The Morgan fingerprint density at radius 3 is 2.48 bits per heavy atom. The third kappa shape index (κ3) is 6.94. The van der Waals surface area contributed by atoms with Crippen LogP contribution in [0.3, 0.4) is 0 Å². The third-order valence-corrected chi connectivity index (χ3v) is 4.87. The summed E-state index contributed by atoms with van der Waals surface area (Å²) in [4.78, 5) is 14.1. The number of nitrogens with one attached hydrogen (secondary N) is 2. The van der Waals surface area contributed by atoms with Crippen LogP contribution in [0.5, 0.6) is 0 Å². The smallest absolute Gasteiger partial charge is 0.315 e. The Bertz CT molecular complexity index is 508. The van der Waals surface area contributed by atoms with Crippen LogP contribution in [0.15, 0.2) is 24.3 Å². The highest BCUT2D eigenvalue weighted by molar-refractivity contribution is 5.73. The topological polar surface area (TPSA) is 64.6 Å². The standard InChI is InChI=1S/C20H33N3O2/c1-16(2)4-3-11-21-20(25)22-14-17-5-7-19(8-6-17)23-12-9-18(15-24)10-13-23/h5-8,16,18,24H,3-4,9-15H2,1-2H3,(H2,21,22,25). The first-order chi connectivity index (χ1) is 12.1. The van der Waals surface area contributed by atoms with Gasteiger partial charge in [-0.2, -0.15) is 0 Å². The number of anilines is 1. The van der Waals surface area contributed by atoms with Gasteiger partial charge in [0.25, 0.3) is 0 Å². The molecule has 2 amide bonds. The highest BCUT2D eigenvalue weighted by Gasteiger charge is 2.18. The Labute approximate surface area is 151 Å². The molecule has 1 aliphatic rings. The van der Waals surface area contributed by atoms with Gasteiger partial charge in [0, 0.05) is 38.5 Å². The largest absolute Gasteiger partial charge is 0.396 e. The molecule has 3 N–H and O–H groups in total. The van der Waals surface area contributed by atoms with E-state index in [4.69, 9.17) is 0 Å². The van der Waals surface area contributed by atoms with Crippen molar-refractivity contribution in [1.82, 2.24) is 10.6 Å². The van der Waals surface area contributed by atoms with Crippen molar-refractivity contribution >= 4 is 11.7 Å². The molecule has 25 heavy (non-hydrogen) atoms. The minimum Gasteiger partial charge on any atom is -0.396 e. The quantitative estimate of drug-likeness (QED) is 0.633. The average molecular weight is 348 g/mol. The first-order valence-corrected chi connectivity index (χ1v) is 9.55. The third-order valence-electron chi connectivity index (χ3n) is 4.87. The lowest BCUT2D eigenvalue weighted by Crippen LogP contribution is -2.35. The summed E-state index contributed by atoms with van der Waals surface area (Å²) >= 11 is 0. The second kappa shape index (κ2) is 10.3. The Balaban J connectivity index is 1.69. The van der Waals surface area contributed by atoms with E-state index in [1.165, 1.54) is 5.69 Å². The maximum Gasteiger partial charge on any atom is 0.315 e. The molecular weight excluding hydrogens is 314 g/mol. The fraction of sp³-hybridized carbons (Fsp3) is 0.650. The van der Waals surface area contributed by atoms with Crippen LogP contribution in [0.1, 0.15) is 45.1 Å². The summed E-state index contributed by atoms with van der Waals surface area (Å²) in [6.45, 7) is 7.97. The van der Waals surface area contributed by atoms with Crippen LogP contribution in [0, 0.1) is 11.8 Å². The molecular formula is C20H33N3O2. The number of piperidine rings is 1. The number of aliphatic hydroxyl groups excluding tert-OH is 1. The monoisotopic (exact) mass is 347 g/mol. The van der Waals surface area contributed by atoms with E-state index in [-0.39, 0.29) is 6.03 Å². The number of aliphatic hydroxyl groups is 1. The summed E-state index contributed by atoms with van der Waals surface area (Å²) in [7, 11) is 0. The average Bonchev–Trinajstić information content (AvgIpc) is 2.64. The van der Waals surface area contributed by atoms with E-state index >= 15 is 0 Å². The predicted molar refractivity (Wildman–Crippen MR) is 103 cm³/mol. The number of carbonyl (C=O) groups is 1. The number of nitrogens with zero attached hydrogens (tertiary/aromatic N) is 1. The van der Waals surface area contributed by atoms with Gasteiger partial charge in [-0.25, -0.2) is 4.79 Å². The zero-order valence-electron chi connectivity index (χ0n) is 15.6. The Morgan fingerprint density at radius 1 is 1.20 bits per heavy atom. The van der Waals surface area contributed by atoms with Crippen LogP contribution < -0.4 is 15.5 Å². The van der Waals surface area contributed by atoms with E-state index in [1.807, 2.05) is 0 Å². The molecule has 0 bridgehead atoms. The van der Waals surface area contributed by atoms with E-state index in [0.29, 0.717) is 25.0 Å². The first kappa shape index (κ1) is 19.6. The van der Waals surface area contributed by atoms with E-state index in [1.54, 1.807) is 0 Å². The molecule has 5 heteroatoms. The Morgan fingerprint density at radius 2 is 1.88 bits per heavy atom. The highest BCUT2D eigenvalue weighted by Crippen LogP contribution is 2.23. The molecule has 1 heterocycles. The molecule has 0 saturated carbocycles. The van der Waals surface area contributed by atoms with Gasteiger partial charge in [-0.1, -0.05) is 26.0 Å². The summed E-state index contributed by atoms with van der Waals surface area (Å²) in [5.74, 6) is 1.14. The van der Waals surface area contributed by atoms with E-state index in [0.717, 1.165) is 50.9 Å². The van der Waals surface area contributed by atoms with Crippen molar-refractivity contribution in [2.45, 2.75) is 46.1 Å². The van der Waals surface area contributed by atoms with Gasteiger partial charge in [-0.15, -0.1) is 0 Å². The molecule has 0 spiro atoms. The van der Waals surface area contributed by atoms with Gasteiger partial charge < -0.3 is 20.6 Å². The molecule has 0 radical (unpaired) electrons. The summed E-state index contributed by atoms with van der Waals surface area (Å²) in [5, 5.41) is 15.0. The minimum atomic E-state index is -0.0982. The van der Waals surface area contributed by atoms with Gasteiger partial charge in [0.2, 0.25) is 0 Å². The van der Waals surface area contributed by atoms with Crippen LogP contribution in [0.4, 0.5) is 10.5 Å². The number of hydrogen-bond acceptors (Lipinski definition) is 3. The first-order valence-electron chi connectivity index (χ1n) is 9.55. The highest BCUT2D eigenvalue weighted by atomic mass is 16.3. The van der Waals surface area contributed by atoms with Crippen molar-refractivity contribution in [2.75, 3.05) is 31.1 Å². The van der Waals surface area contributed by atoms with Crippen molar-refractivity contribution < 1.29 is 9.90 Å². The maximum absolute atomic E-state index is 11.8. The molecule has 1 fully saturated rings. The number of rotatable bonds is 8. The minimum absolute atomic E-state index is 0.0982. The second-order valence-corrected chi connectivity index (χ2v) is 7.42. The van der Waals surface area contributed by atoms with Gasteiger partial charge in [0.05, 0.1) is 0 Å². The predicted octanol–water partition coefficient (Wildman–Crippen LogP) is 3.13. The molecule has 0 aromatic heterocycles. The second-order valence-electron chi connectivity index (χ2n) is 7.42. The summed E-state index contributed by atoms with van der Waals surface area (Å²) in [6.07, 6.45) is 4.26. The summed E-state index contributed by atoms with van der Waals surface area (Å²) in [5.41, 5.74) is 2.32. The number of hydrogen-bond donors (Lipinski definition) is 3. The van der Waals surface area contributed by atoms with E-state index in [9.17, 15) is 9.90 Å². The fourth-order valence-electron chi connectivity index (χ4n) is 3.16. The van der Waals surface area contributed by atoms with E-state index in [2.05, 4.69) is 53.6 Å². The van der Waals surface area contributed by atoms with Crippen LogP contribution in [0.2, 0.25) is 0 Å². The Hall–Kier alpha value is -1.75. The van der Waals surface area contributed by atoms with Gasteiger partial charge in [0.1, 0.15) is 0 Å². The van der Waals surface area contributed by atoms with Gasteiger partial charge in [-0.05, 0) is 55.2 Å². The van der Waals surface area contributed by atoms with Crippen LogP contribution in [-0.2, 0) is 6.54 Å². The number of urea groups is 1. The summed E-state index contributed by atoms with van der Waals surface area (Å²) in [6, 6.07) is 8.30. The molecule has 2 rings (SSSR count). The number of amides is 2. The van der Waals surface area contributed by atoms with Crippen molar-refractivity contribution in [3.63, 3.8) is 0 Å². The maximum atomic E-state index is 11.8. The zero-order valence-corrected chi connectivity index (χ0v) is 15.6. The van der Waals surface area contributed by atoms with E-state index < -0.39 is 0 Å². The van der Waals surface area contributed by atoms with Gasteiger partial charge in [-0.3, -0.25) is 0 Å². The van der Waals surface area contributed by atoms with Gasteiger partial charge >= 0.3 is 6.03 Å². The Kier molecular flexibility index (Phi) is 8.06. The molecule has 0 aliphatic carbocycles. The van der Waals surface area contributed by atoms with Crippen LogP contribution in [0.25, 0.3) is 0 Å². The zero-order chi connectivity index (χ0) is 18.1. The molecule has 1 saturated heterocycles. The molecule has 5 nitrogen and oxygen atoms in total. The van der Waals surface area contributed by atoms with Crippen molar-refractivity contribution in [2.24, 2.45) is 11.8 Å². The van der Waals surface area contributed by atoms with Crippen LogP contribution >= 0.6 is 0 Å². The van der Waals surface area contributed by atoms with Gasteiger partial charge in [0.15, 0.2) is 0 Å². The molecule has 1 aliphatic heterocycles. The molecule has 140 valence electrons. The number of benzene rings is 1. The lowest BCUT2D eigenvalue weighted by Gasteiger charge is -2.33. The van der Waals surface area contributed by atoms with Crippen LogP contribution in [-0.4, -0.2) is 37.4 Å². The molecule has 1 aromatic rings. The summed E-state index contributed by atoms with van der Waals surface area (Å²) < 4.78 is 0. The fourth-order valence-corrected chi connectivity index (χ4v) is 3.16. The lowest BCUT2D eigenvalue weighted by atomic mass is 9.97. The van der Waals surface area contributed by atoms with Crippen molar-refractivity contribution in [1.29, 1.82) is 0 Å². The lowest BCUT2D eigenvalue weighted by molar-refractivity contribution is 0.203. The van der Waals surface area contributed by atoms with Crippen molar-refractivity contribution in [3.05, 3.63) is 29.8 Å². The molecule has 0 atom stereocenters. The molecule has 0 unspecified atom stereocenters. The molecule has 1 aromatic carbocycles. The normalized spacial score (nSPS) is 15.4. The van der Waals surface area contributed by atoms with Crippen molar-refractivity contribution in [3.8, 4) is 0 Å². The SMILES string of the molecule is CC(C)CCCNC(=O)NCc1ccc(N2CCC(CO)CC2)cc1.